The summed E-state index contributed by atoms with van der Waals surface area (Å²) in [4.78, 5) is 25.9. The van der Waals surface area contributed by atoms with E-state index in [-0.39, 0.29) is 40.5 Å². The molecule has 3 aromatic rings. The second kappa shape index (κ2) is 10.7. The smallest absolute Gasteiger partial charge is 0.347 e. The zero-order valence-corrected chi connectivity index (χ0v) is 23.0. The van der Waals surface area contributed by atoms with E-state index < -0.39 is 11.9 Å². The van der Waals surface area contributed by atoms with E-state index in [2.05, 4.69) is 31.9 Å². The normalized spacial score (nSPS) is 10.7. The van der Waals surface area contributed by atoms with E-state index in [1.54, 1.807) is 20.8 Å². The second-order valence-electron chi connectivity index (χ2n) is 7.89. The van der Waals surface area contributed by atoms with Crippen molar-refractivity contribution in [3.05, 3.63) is 78.2 Å². The van der Waals surface area contributed by atoms with Gasteiger partial charge in [-0.1, -0.05) is 30.3 Å². The van der Waals surface area contributed by atoms with E-state index in [0.29, 0.717) is 31.4 Å². The first-order chi connectivity index (χ1) is 16.5. The number of phenolic OH excluding ortho intramolecular Hbond substituents is 2. The highest BCUT2D eigenvalue weighted by molar-refractivity contribution is 9.11. The lowest BCUT2D eigenvalue weighted by atomic mass is 10.0. The van der Waals surface area contributed by atoms with Gasteiger partial charge in [-0.25, -0.2) is 9.59 Å². The standard InChI is InChI=1S/C26H24Br2O7/c1-12-17(25(31)34-11-16-9-7-6-8-10-16)22(30)15(4)24(20(12)28)35-26(32)18-13(2)19(27)23(33-5)14(3)21(18)29/h6-10,29-30H,11H2,1-5H3. The molecule has 0 fully saturated rings. The van der Waals surface area contributed by atoms with Gasteiger partial charge in [-0.05, 0) is 76.2 Å². The van der Waals surface area contributed by atoms with Gasteiger partial charge < -0.3 is 24.4 Å². The Morgan fingerprint density at radius 2 is 1.26 bits per heavy atom. The van der Waals surface area contributed by atoms with Crippen molar-refractivity contribution in [2.75, 3.05) is 7.11 Å². The predicted octanol–water partition coefficient (Wildman–Crippen LogP) is 6.44. The summed E-state index contributed by atoms with van der Waals surface area (Å²) in [6, 6.07) is 9.16. The van der Waals surface area contributed by atoms with Gasteiger partial charge in [0.2, 0.25) is 0 Å². The molecule has 0 saturated heterocycles. The zero-order chi connectivity index (χ0) is 26.0. The molecule has 0 amide bonds. The highest BCUT2D eigenvalue weighted by atomic mass is 79.9. The highest BCUT2D eigenvalue weighted by Crippen LogP contribution is 2.44. The van der Waals surface area contributed by atoms with Gasteiger partial charge in [0, 0.05) is 11.1 Å². The molecule has 0 bridgehead atoms. The summed E-state index contributed by atoms with van der Waals surface area (Å²) in [6.07, 6.45) is 0. The number of hydrogen-bond donors (Lipinski definition) is 2. The van der Waals surface area contributed by atoms with Gasteiger partial charge >= 0.3 is 11.9 Å². The van der Waals surface area contributed by atoms with Crippen LogP contribution in [0.15, 0.2) is 39.3 Å². The summed E-state index contributed by atoms with van der Waals surface area (Å²) in [5, 5.41) is 21.5. The van der Waals surface area contributed by atoms with Crippen LogP contribution in [0.5, 0.6) is 23.0 Å². The number of carbonyl (C=O) groups excluding carboxylic acids is 2. The SMILES string of the molecule is COc1c(C)c(O)c(C(=O)Oc2c(C)c(O)c(C(=O)OCc3ccccc3)c(C)c2Br)c(C)c1Br. The molecule has 3 aromatic carbocycles. The van der Waals surface area contributed by atoms with E-state index in [4.69, 9.17) is 14.2 Å². The first kappa shape index (κ1) is 26.6. The number of methoxy groups -OCH3 is 1. The lowest BCUT2D eigenvalue weighted by molar-refractivity contribution is 0.0468. The highest BCUT2D eigenvalue weighted by Gasteiger charge is 2.29. The Morgan fingerprint density at radius 1 is 0.771 bits per heavy atom. The first-order valence-corrected chi connectivity index (χ1v) is 12.1. The third kappa shape index (κ3) is 5.01. The van der Waals surface area contributed by atoms with Crippen LogP contribution < -0.4 is 9.47 Å². The van der Waals surface area contributed by atoms with Crippen molar-refractivity contribution in [1.29, 1.82) is 0 Å². The molecular formula is C26H24Br2O7. The minimum Gasteiger partial charge on any atom is -0.507 e. The maximum absolute atomic E-state index is 13.1. The lowest BCUT2D eigenvalue weighted by Gasteiger charge is -2.19. The lowest BCUT2D eigenvalue weighted by Crippen LogP contribution is -2.15. The molecular weight excluding hydrogens is 584 g/mol. The molecule has 0 radical (unpaired) electrons. The molecule has 0 aromatic heterocycles. The maximum Gasteiger partial charge on any atom is 0.347 e. The molecule has 0 aliphatic carbocycles. The molecule has 0 aliphatic heterocycles. The van der Waals surface area contributed by atoms with Crippen LogP contribution >= 0.6 is 31.9 Å². The number of phenols is 2. The number of halogens is 2. The number of rotatable bonds is 6. The minimum atomic E-state index is -0.839. The van der Waals surface area contributed by atoms with Gasteiger partial charge in [-0.15, -0.1) is 0 Å². The van der Waals surface area contributed by atoms with E-state index >= 15 is 0 Å². The number of hydrogen-bond acceptors (Lipinski definition) is 7. The molecule has 7 nitrogen and oxygen atoms in total. The molecule has 35 heavy (non-hydrogen) atoms. The van der Waals surface area contributed by atoms with Crippen molar-refractivity contribution in [2.24, 2.45) is 0 Å². The summed E-state index contributed by atoms with van der Waals surface area (Å²) in [5.41, 5.74) is 1.99. The van der Waals surface area contributed by atoms with Crippen LogP contribution in [-0.2, 0) is 11.3 Å². The van der Waals surface area contributed by atoms with E-state index in [1.165, 1.54) is 14.0 Å². The molecule has 2 N–H and O–H groups in total. The maximum atomic E-state index is 13.1. The Morgan fingerprint density at radius 3 is 1.80 bits per heavy atom. The molecule has 9 heteroatoms. The van der Waals surface area contributed by atoms with Crippen molar-refractivity contribution in [3.63, 3.8) is 0 Å². The molecule has 0 saturated carbocycles. The van der Waals surface area contributed by atoms with Crippen LogP contribution in [-0.4, -0.2) is 29.3 Å². The van der Waals surface area contributed by atoms with Gasteiger partial charge in [-0.3, -0.25) is 0 Å². The largest absolute Gasteiger partial charge is 0.507 e. The van der Waals surface area contributed by atoms with Crippen LogP contribution in [0, 0.1) is 27.7 Å². The number of ether oxygens (including phenoxy) is 3. The van der Waals surface area contributed by atoms with Gasteiger partial charge in [0.1, 0.15) is 35.0 Å². The third-order valence-electron chi connectivity index (χ3n) is 5.69. The monoisotopic (exact) mass is 606 g/mol. The van der Waals surface area contributed by atoms with Gasteiger partial charge in [-0.2, -0.15) is 0 Å². The van der Waals surface area contributed by atoms with Crippen LogP contribution in [0.2, 0.25) is 0 Å². The zero-order valence-electron chi connectivity index (χ0n) is 19.8. The van der Waals surface area contributed by atoms with E-state index in [1.807, 2.05) is 30.3 Å². The Balaban J connectivity index is 1.96. The Hall–Kier alpha value is -3.04. The van der Waals surface area contributed by atoms with Crippen LogP contribution in [0.3, 0.4) is 0 Å². The summed E-state index contributed by atoms with van der Waals surface area (Å²) in [5.74, 6) is -1.76. The summed E-state index contributed by atoms with van der Waals surface area (Å²) in [7, 11) is 1.46. The van der Waals surface area contributed by atoms with Gasteiger partial charge in [0.25, 0.3) is 0 Å². The van der Waals surface area contributed by atoms with Crippen LogP contribution in [0.4, 0.5) is 0 Å². The quantitative estimate of drug-likeness (QED) is 0.245. The van der Waals surface area contributed by atoms with Crippen LogP contribution in [0.1, 0.15) is 48.5 Å². The molecule has 184 valence electrons. The fraction of sp³-hybridized carbons (Fsp3) is 0.231. The molecule has 0 atom stereocenters. The fourth-order valence-corrected chi connectivity index (χ4v) is 4.87. The van der Waals surface area contributed by atoms with Crippen molar-refractivity contribution < 1.29 is 34.0 Å². The third-order valence-corrected chi connectivity index (χ3v) is 7.60. The van der Waals surface area contributed by atoms with Crippen molar-refractivity contribution >= 4 is 43.8 Å². The van der Waals surface area contributed by atoms with Crippen molar-refractivity contribution in [1.82, 2.24) is 0 Å². The minimum absolute atomic E-state index is 0.0213. The number of carbonyl (C=O) groups is 2. The molecule has 0 aliphatic rings. The number of benzene rings is 3. The molecule has 0 unspecified atom stereocenters. The average Bonchev–Trinajstić information content (AvgIpc) is 2.84. The summed E-state index contributed by atoms with van der Waals surface area (Å²) in [6.45, 7) is 6.39. The fourth-order valence-electron chi connectivity index (χ4n) is 3.64. The van der Waals surface area contributed by atoms with E-state index in [0.717, 1.165) is 5.56 Å². The Labute approximate surface area is 219 Å². The van der Waals surface area contributed by atoms with Gasteiger partial charge in [0.15, 0.2) is 5.75 Å². The van der Waals surface area contributed by atoms with E-state index in [9.17, 15) is 19.8 Å². The van der Waals surface area contributed by atoms with Crippen molar-refractivity contribution in [2.45, 2.75) is 34.3 Å². The summed E-state index contributed by atoms with van der Waals surface area (Å²) < 4.78 is 17.1. The molecule has 3 rings (SSSR count). The van der Waals surface area contributed by atoms with Crippen LogP contribution in [0.25, 0.3) is 0 Å². The molecule has 0 heterocycles. The predicted molar refractivity (Wildman–Crippen MR) is 138 cm³/mol. The number of aromatic hydroxyl groups is 2. The Bertz CT molecular complexity index is 1260. The van der Waals surface area contributed by atoms with Crippen molar-refractivity contribution in [3.8, 4) is 23.0 Å². The average molecular weight is 608 g/mol. The molecule has 0 spiro atoms. The second-order valence-corrected chi connectivity index (χ2v) is 9.47. The summed E-state index contributed by atoms with van der Waals surface area (Å²) >= 11 is 6.78. The number of esters is 2. The first-order valence-electron chi connectivity index (χ1n) is 10.5. The Kier molecular flexibility index (Phi) is 8.12. The van der Waals surface area contributed by atoms with Gasteiger partial charge in [0.05, 0.1) is 16.1 Å². The topological polar surface area (TPSA) is 102 Å².